The molecular weight excluding hydrogens is 168 g/mol. The Kier molecular flexibility index (Phi) is 108. The molecule has 0 atom stereocenters. The molecule has 0 aromatic heterocycles. The Bertz CT molecular complexity index is 40.3. The van der Waals surface area contributed by atoms with E-state index in [1.54, 1.807) is 0 Å². The number of hydrogen-bond donors (Lipinski definition) is 0. The third kappa shape index (κ3) is 88.9. The van der Waals surface area contributed by atoms with Gasteiger partial charge in [-0.05, 0) is 20.1 Å². The van der Waals surface area contributed by atoms with E-state index in [-0.39, 0.29) is 7.43 Å². The molecule has 0 saturated carbocycles. The molecule has 0 aliphatic carbocycles. The minimum Gasteiger partial charge on any atom is -0.307 e. The maximum Gasteiger partial charge on any atom is 0.0606 e. The van der Waals surface area contributed by atoms with Crippen LogP contribution in [0.3, 0.4) is 0 Å². The fraction of sp³-hybridized carbons (Fsp3) is 1.00. The molecule has 0 N–H and O–H groups in total. The molecule has 0 heterocycles. The quantitative estimate of drug-likeness (QED) is 0.615. The lowest BCUT2D eigenvalue weighted by Crippen LogP contribution is -2.15. The Morgan fingerprint density at radius 3 is 0.929 bits per heavy atom. The first kappa shape index (κ1) is 29.2. The number of rotatable bonds is 2. The van der Waals surface area contributed by atoms with Crippen LogP contribution in [0.15, 0.2) is 0 Å². The van der Waals surface area contributed by atoms with Crippen molar-refractivity contribution in [3.8, 4) is 0 Å². The average molecular weight is 199 g/mol. The van der Waals surface area contributed by atoms with Gasteiger partial charge in [-0.2, -0.15) is 0 Å². The fourth-order valence-corrected chi connectivity index (χ4v) is 0.224. The Balaban J connectivity index is -0.0000000292. The minimum atomic E-state index is 0. The van der Waals surface area contributed by atoms with Gasteiger partial charge in [0.1, 0.15) is 0 Å². The van der Waals surface area contributed by atoms with Crippen molar-refractivity contribution in [1.82, 2.24) is 4.90 Å². The summed E-state index contributed by atoms with van der Waals surface area (Å²) < 4.78 is 0. The molecule has 0 rings (SSSR count). The van der Waals surface area contributed by atoms with Gasteiger partial charge in [0.15, 0.2) is 0 Å². The lowest BCUT2D eigenvalue weighted by Gasteiger charge is -2.07. The Morgan fingerprint density at radius 2 is 0.929 bits per heavy atom. The maximum atomic E-state index is 4.50. The smallest absolute Gasteiger partial charge is 0.0606 e. The van der Waals surface area contributed by atoms with E-state index in [1.807, 2.05) is 0 Å². The van der Waals surface area contributed by atoms with Gasteiger partial charge < -0.3 is 4.90 Å². The van der Waals surface area contributed by atoms with Crippen molar-refractivity contribution < 1.29 is 0 Å². The first-order valence-electron chi connectivity index (χ1n) is 5.06. The Morgan fingerprint density at radius 1 is 0.786 bits per heavy atom. The lowest BCUT2D eigenvalue weighted by molar-refractivity contribution is 0.373. The molecule has 0 aliphatic rings. The highest BCUT2D eigenvalue weighted by Crippen LogP contribution is 1.73. The van der Waals surface area contributed by atoms with Crippen LogP contribution in [-0.2, 0) is 0 Å². The van der Waals surface area contributed by atoms with Gasteiger partial charge in [0.25, 0.3) is 0 Å². The summed E-state index contributed by atoms with van der Waals surface area (Å²) in [5.41, 5.74) is 0. The summed E-state index contributed by atoms with van der Waals surface area (Å²) in [5, 5.41) is 0. The largest absolute Gasteiger partial charge is 0.307 e. The lowest BCUT2D eigenvalue weighted by atomic mass is 10.2. The first-order chi connectivity index (χ1) is 6.22. The SMILES string of the molecule is C.CCC.CCN(C)CC.[B]C.[B]C. The molecular formula is C11H31B2N. The molecule has 0 fully saturated rings. The van der Waals surface area contributed by atoms with Gasteiger partial charge in [0.2, 0.25) is 0 Å². The van der Waals surface area contributed by atoms with E-state index < -0.39 is 0 Å². The van der Waals surface area contributed by atoms with Crippen LogP contribution < -0.4 is 0 Å². The zero-order valence-electron chi connectivity index (χ0n) is 10.7. The topological polar surface area (TPSA) is 3.24 Å². The molecule has 0 bridgehead atoms. The molecule has 3 heteroatoms. The highest BCUT2D eigenvalue weighted by molar-refractivity contribution is 6.05. The second-order valence-electron chi connectivity index (χ2n) is 2.20. The van der Waals surface area contributed by atoms with E-state index >= 15 is 0 Å². The molecule has 14 heavy (non-hydrogen) atoms. The van der Waals surface area contributed by atoms with E-state index in [4.69, 9.17) is 0 Å². The fourth-order valence-electron chi connectivity index (χ4n) is 0.224. The molecule has 0 aromatic carbocycles. The van der Waals surface area contributed by atoms with Crippen LogP contribution in [0.5, 0.6) is 0 Å². The van der Waals surface area contributed by atoms with Gasteiger partial charge in [-0.1, -0.05) is 55.2 Å². The van der Waals surface area contributed by atoms with Crippen LogP contribution in [-0.4, -0.2) is 40.7 Å². The van der Waals surface area contributed by atoms with Crippen molar-refractivity contribution in [1.29, 1.82) is 0 Å². The summed E-state index contributed by atoms with van der Waals surface area (Å²) in [7, 11) is 11.1. The highest BCUT2D eigenvalue weighted by atomic mass is 15.1. The molecule has 1 nitrogen and oxygen atoms in total. The zero-order chi connectivity index (χ0) is 11.7. The first-order valence-corrected chi connectivity index (χ1v) is 5.06. The van der Waals surface area contributed by atoms with Crippen LogP contribution >= 0.6 is 0 Å². The Hall–Kier alpha value is 0.0899. The van der Waals surface area contributed by atoms with Crippen LogP contribution in [0.2, 0.25) is 13.6 Å². The minimum absolute atomic E-state index is 0. The third-order valence-corrected chi connectivity index (χ3v) is 1.08. The monoisotopic (exact) mass is 199 g/mol. The van der Waals surface area contributed by atoms with E-state index in [1.165, 1.54) is 20.1 Å². The van der Waals surface area contributed by atoms with Crippen molar-refractivity contribution in [2.75, 3.05) is 20.1 Å². The number of hydrogen-bond acceptors (Lipinski definition) is 1. The number of nitrogens with zero attached hydrogens (tertiary/aromatic N) is 1. The van der Waals surface area contributed by atoms with Gasteiger partial charge in [-0.15, -0.1) is 0 Å². The predicted octanol–water partition coefficient (Wildman–Crippen LogP) is 3.42. The third-order valence-electron chi connectivity index (χ3n) is 1.08. The molecule has 0 amide bonds. The maximum absolute atomic E-state index is 4.50. The summed E-state index contributed by atoms with van der Waals surface area (Å²) in [5.74, 6) is 0. The Labute approximate surface area is 96.5 Å². The normalized spacial score (nSPS) is 6.29. The van der Waals surface area contributed by atoms with E-state index in [0.29, 0.717) is 0 Å². The molecule has 0 saturated heterocycles. The van der Waals surface area contributed by atoms with Crippen LogP contribution in [0, 0.1) is 0 Å². The van der Waals surface area contributed by atoms with Gasteiger partial charge in [0.05, 0.1) is 15.7 Å². The van der Waals surface area contributed by atoms with Crippen molar-refractivity contribution in [2.24, 2.45) is 0 Å². The summed E-state index contributed by atoms with van der Waals surface area (Å²) in [6.07, 6.45) is 1.25. The summed E-state index contributed by atoms with van der Waals surface area (Å²) >= 11 is 0. The van der Waals surface area contributed by atoms with Crippen molar-refractivity contribution in [2.45, 2.75) is 55.2 Å². The summed E-state index contributed by atoms with van der Waals surface area (Å²) in [6, 6.07) is 0. The van der Waals surface area contributed by atoms with Crippen molar-refractivity contribution >= 4 is 15.7 Å². The molecule has 0 aliphatic heterocycles. The molecule has 86 valence electrons. The van der Waals surface area contributed by atoms with E-state index in [0.717, 1.165) is 13.1 Å². The van der Waals surface area contributed by atoms with Crippen molar-refractivity contribution in [3.63, 3.8) is 0 Å². The second-order valence-corrected chi connectivity index (χ2v) is 2.20. The summed E-state index contributed by atoms with van der Waals surface area (Å²) in [6.45, 7) is 13.9. The van der Waals surface area contributed by atoms with Gasteiger partial charge in [0, 0.05) is 0 Å². The second kappa shape index (κ2) is 51.6. The van der Waals surface area contributed by atoms with Crippen molar-refractivity contribution in [3.05, 3.63) is 0 Å². The van der Waals surface area contributed by atoms with Gasteiger partial charge >= 0.3 is 0 Å². The van der Waals surface area contributed by atoms with Crippen LogP contribution in [0.25, 0.3) is 0 Å². The predicted molar refractivity (Wildman–Crippen MR) is 74.8 cm³/mol. The van der Waals surface area contributed by atoms with Gasteiger partial charge in [-0.25, -0.2) is 0 Å². The highest BCUT2D eigenvalue weighted by Gasteiger charge is 1.81. The van der Waals surface area contributed by atoms with Crippen LogP contribution in [0.1, 0.15) is 41.5 Å². The molecule has 0 unspecified atom stereocenters. The standard InChI is InChI=1S/C5H13N.C3H8.2CH3B.CH4/c1-4-6(3)5-2;1-3-2;2*1-2;/h4-5H2,1-3H3;3H2,1-2H3;2*1H3;1H4. The van der Waals surface area contributed by atoms with Gasteiger partial charge in [-0.3, -0.25) is 0 Å². The molecule has 4 radical (unpaired) electrons. The van der Waals surface area contributed by atoms with E-state index in [9.17, 15) is 0 Å². The van der Waals surface area contributed by atoms with E-state index in [2.05, 4.69) is 55.3 Å². The average Bonchev–Trinajstić information content (AvgIpc) is 2.24. The zero-order valence-corrected chi connectivity index (χ0v) is 10.7. The summed E-state index contributed by atoms with van der Waals surface area (Å²) in [4.78, 5) is 2.25. The van der Waals surface area contributed by atoms with Crippen LogP contribution in [0.4, 0.5) is 0 Å². The molecule has 0 spiro atoms. The molecule has 0 aromatic rings.